The number of ether oxygens (including phenoxy) is 3. The lowest BCUT2D eigenvalue weighted by molar-refractivity contribution is -0.0312. The summed E-state index contributed by atoms with van der Waals surface area (Å²) in [5, 5.41) is 23.4. The van der Waals surface area contributed by atoms with E-state index in [1.54, 1.807) is 37.4 Å². The molecule has 0 aliphatic carbocycles. The number of aliphatic hydroxyl groups excluding tert-OH is 2. The number of nitrogens with zero attached hydrogens (tertiary/aromatic N) is 1. The first-order valence-corrected chi connectivity index (χ1v) is 19.3. The van der Waals surface area contributed by atoms with E-state index in [9.17, 15) is 27.0 Å². The molecule has 2 atom stereocenters. The molecule has 2 unspecified atom stereocenters. The number of nitrogens with two attached hydrogens (primary N) is 1. The Morgan fingerprint density at radius 3 is 2.41 bits per heavy atom. The van der Waals surface area contributed by atoms with Crippen molar-refractivity contribution in [2.45, 2.75) is 71.9 Å². The number of hydrogen-bond donors (Lipinski definition) is 4. The van der Waals surface area contributed by atoms with Gasteiger partial charge in [-0.2, -0.15) is 4.31 Å². The minimum absolute atomic E-state index is 0.0261. The monoisotopic (exact) mass is 717 g/mol. The molecule has 5 rings (SSSR count). The smallest absolute Gasteiger partial charge is 0.243 e. The van der Waals surface area contributed by atoms with Crippen LogP contribution in [0.25, 0.3) is 11.1 Å². The summed E-state index contributed by atoms with van der Waals surface area (Å²) in [5.41, 5.74) is 7.78. The molecule has 2 saturated heterocycles. The average molecular weight is 718 g/mol. The summed E-state index contributed by atoms with van der Waals surface area (Å²) in [6.45, 7) is 4.05. The van der Waals surface area contributed by atoms with Crippen LogP contribution >= 0.6 is 0 Å². The standard InChI is InChI=1S/C35H47N3O9S2/c1-34(2,24-39)48(41,42)30-6-4-5-29(17-30)46-23-28(40)21-37-27-19-35(47-22-27)13-15-38(16-14-35)49(43,44)31-11-12-33(45-3)32(18-31)26-9-7-25(20-36)8-10-26/h4-12,17-18,27-28,37,39-40H,13-16,19-24,36H2,1-3H3. The highest BCUT2D eigenvalue weighted by Gasteiger charge is 2.45. The first-order valence-electron chi connectivity index (χ1n) is 16.3. The lowest BCUT2D eigenvalue weighted by atomic mass is 9.88. The highest BCUT2D eigenvalue weighted by Crippen LogP contribution is 2.39. The Kier molecular flexibility index (Phi) is 11.4. The molecule has 3 aromatic carbocycles. The zero-order valence-electron chi connectivity index (χ0n) is 28.2. The van der Waals surface area contributed by atoms with Crippen LogP contribution in [-0.4, -0.2) is 100 Å². The number of sulfonamides is 1. The minimum atomic E-state index is -3.79. The van der Waals surface area contributed by atoms with E-state index in [1.807, 2.05) is 24.3 Å². The number of benzene rings is 3. The van der Waals surface area contributed by atoms with E-state index < -0.39 is 42.9 Å². The molecule has 3 aromatic rings. The van der Waals surface area contributed by atoms with Crippen molar-refractivity contribution < 1.29 is 41.3 Å². The van der Waals surface area contributed by atoms with Crippen molar-refractivity contribution in [3.05, 3.63) is 72.3 Å². The number of aliphatic hydroxyl groups is 2. The third-order valence-electron chi connectivity index (χ3n) is 9.46. The Morgan fingerprint density at radius 1 is 1.04 bits per heavy atom. The third kappa shape index (κ3) is 8.12. The maximum Gasteiger partial charge on any atom is 0.243 e. The van der Waals surface area contributed by atoms with E-state index in [-0.39, 0.29) is 29.0 Å². The average Bonchev–Trinajstić information content (AvgIpc) is 3.51. The number of methoxy groups -OCH3 is 1. The second-order valence-corrected chi connectivity index (χ2v) is 17.9. The first-order chi connectivity index (χ1) is 23.2. The van der Waals surface area contributed by atoms with Crippen LogP contribution in [0, 0.1) is 0 Å². The van der Waals surface area contributed by atoms with Crippen molar-refractivity contribution in [1.29, 1.82) is 0 Å². The molecule has 0 saturated carbocycles. The molecule has 1 spiro atoms. The minimum Gasteiger partial charge on any atom is -0.496 e. The number of rotatable bonds is 14. The highest BCUT2D eigenvalue weighted by atomic mass is 32.2. The Balaban J connectivity index is 1.13. The Bertz CT molecular complexity index is 1810. The van der Waals surface area contributed by atoms with Crippen LogP contribution in [0.2, 0.25) is 0 Å². The van der Waals surface area contributed by atoms with Gasteiger partial charge in [0.15, 0.2) is 9.84 Å². The Morgan fingerprint density at radius 2 is 1.76 bits per heavy atom. The summed E-state index contributed by atoms with van der Waals surface area (Å²) in [5.74, 6) is 0.875. The molecular weight excluding hydrogens is 671 g/mol. The van der Waals surface area contributed by atoms with Crippen LogP contribution in [0.5, 0.6) is 11.5 Å². The zero-order valence-corrected chi connectivity index (χ0v) is 29.8. The van der Waals surface area contributed by atoms with Gasteiger partial charge in [-0.05, 0) is 80.6 Å². The summed E-state index contributed by atoms with van der Waals surface area (Å²) < 4.78 is 70.8. The number of piperidine rings is 1. The van der Waals surface area contributed by atoms with E-state index >= 15 is 0 Å². The summed E-state index contributed by atoms with van der Waals surface area (Å²) >= 11 is 0. The molecule has 268 valence electrons. The predicted octanol–water partition coefficient (Wildman–Crippen LogP) is 2.71. The second-order valence-electron chi connectivity index (χ2n) is 13.3. The van der Waals surface area contributed by atoms with Crippen molar-refractivity contribution >= 4 is 19.9 Å². The SMILES string of the molecule is COc1ccc(S(=O)(=O)N2CCC3(CC2)CC(NCC(O)COc2cccc(S(=O)(=O)C(C)(C)CO)c2)CO3)cc1-c1ccc(CN)cc1. The van der Waals surface area contributed by atoms with Crippen LogP contribution in [0.15, 0.2) is 76.5 Å². The molecule has 2 fully saturated rings. The summed E-state index contributed by atoms with van der Waals surface area (Å²) in [7, 11) is -6.00. The highest BCUT2D eigenvalue weighted by molar-refractivity contribution is 7.92. The largest absolute Gasteiger partial charge is 0.496 e. The van der Waals surface area contributed by atoms with E-state index in [0.29, 0.717) is 62.6 Å². The van der Waals surface area contributed by atoms with Crippen molar-refractivity contribution in [1.82, 2.24) is 9.62 Å². The van der Waals surface area contributed by atoms with Gasteiger partial charge >= 0.3 is 0 Å². The fourth-order valence-corrected chi connectivity index (χ4v) is 9.00. The molecule has 2 aliphatic heterocycles. The third-order valence-corrected chi connectivity index (χ3v) is 13.8. The molecule has 2 aliphatic rings. The lowest BCUT2D eigenvalue weighted by Gasteiger charge is -2.38. The van der Waals surface area contributed by atoms with Crippen LogP contribution < -0.4 is 20.5 Å². The quantitative estimate of drug-likeness (QED) is 0.193. The van der Waals surface area contributed by atoms with Crippen LogP contribution in [0.1, 0.15) is 38.7 Å². The number of sulfone groups is 1. The molecule has 0 bridgehead atoms. The van der Waals surface area contributed by atoms with Crippen molar-refractivity contribution in [3.8, 4) is 22.6 Å². The van der Waals surface area contributed by atoms with Gasteiger partial charge in [-0.3, -0.25) is 0 Å². The molecule has 0 amide bonds. The molecule has 0 aromatic heterocycles. The maximum atomic E-state index is 13.7. The summed E-state index contributed by atoms with van der Waals surface area (Å²) in [6.07, 6.45) is 0.906. The zero-order chi connectivity index (χ0) is 35.5. The Labute approximate surface area is 289 Å². The molecule has 5 N–H and O–H groups in total. The van der Waals surface area contributed by atoms with Gasteiger partial charge in [0.05, 0.1) is 40.5 Å². The normalized spacial score (nSPS) is 19.2. The molecule has 12 nitrogen and oxygen atoms in total. The van der Waals surface area contributed by atoms with Gasteiger partial charge in [-0.25, -0.2) is 16.8 Å². The van der Waals surface area contributed by atoms with Crippen molar-refractivity contribution in [2.24, 2.45) is 5.73 Å². The fraction of sp³-hybridized carbons (Fsp3) is 0.486. The molecular formula is C35H47N3O9S2. The van der Waals surface area contributed by atoms with E-state index in [0.717, 1.165) is 11.1 Å². The van der Waals surface area contributed by atoms with Gasteiger partial charge in [0.1, 0.15) is 24.2 Å². The van der Waals surface area contributed by atoms with Crippen molar-refractivity contribution in [3.63, 3.8) is 0 Å². The van der Waals surface area contributed by atoms with E-state index in [2.05, 4.69) is 5.32 Å². The number of nitrogens with one attached hydrogen (secondary N) is 1. The van der Waals surface area contributed by atoms with Crippen LogP contribution in [0.4, 0.5) is 0 Å². The predicted molar refractivity (Wildman–Crippen MR) is 186 cm³/mol. The van der Waals surface area contributed by atoms with Gasteiger partial charge < -0.3 is 35.5 Å². The summed E-state index contributed by atoms with van der Waals surface area (Å²) in [4.78, 5) is 0.235. The van der Waals surface area contributed by atoms with Crippen LogP contribution in [-0.2, 0) is 31.1 Å². The van der Waals surface area contributed by atoms with Gasteiger partial charge in [0, 0.05) is 37.8 Å². The van der Waals surface area contributed by atoms with Gasteiger partial charge in [0.25, 0.3) is 0 Å². The van der Waals surface area contributed by atoms with Crippen LogP contribution in [0.3, 0.4) is 0 Å². The van der Waals surface area contributed by atoms with Crippen molar-refractivity contribution in [2.75, 3.05) is 46.6 Å². The van der Waals surface area contributed by atoms with E-state index in [4.69, 9.17) is 19.9 Å². The topological polar surface area (TPSA) is 178 Å². The maximum absolute atomic E-state index is 13.7. The summed E-state index contributed by atoms with van der Waals surface area (Å²) in [6, 6.07) is 18.5. The molecule has 0 radical (unpaired) electrons. The molecule has 2 heterocycles. The van der Waals surface area contributed by atoms with Gasteiger partial charge in [-0.15, -0.1) is 0 Å². The molecule has 14 heteroatoms. The fourth-order valence-electron chi connectivity index (χ4n) is 6.19. The second kappa shape index (κ2) is 15.0. The number of hydrogen-bond acceptors (Lipinski definition) is 11. The van der Waals surface area contributed by atoms with Gasteiger partial charge in [-0.1, -0.05) is 30.3 Å². The van der Waals surface area contributed by atoms with Gasteiger partial charge in [0.2, 0.25) is 10.0 Å². The van der Waals surface area contributed by atoms with E-state index in [1.165, 1.54) is 30.3 Å². The lowest BCUT2D eigenvalue weighted by Crippen LogP contribution is -2.47. The first kappa shape index (κ1) is 37.2. The molecule has 49 heavy (non-hydrogen) atoms. The Hall–Kier alpha value is -3.08.